The Labute approximate surface area is 93.2 Å². The lowest BCUT2D eigenvalue weighted by atomic mass is 10.1. The van der Waals surface area contributed by atoms with Gasteiger partial charge in [-0.15, -0.1) is 16.7 Å². The van der Waals surface area contributed by atoms with Crippen LogP contribution in [-0.4, -0.2) is 11.7 Å². The molecule has 0 aliphatic carbocycles. The van der Waals surface area contributed by atoms with E-state index in [0.717, 1.165) is 5.75 Å². The second-order valence-electron chi connectivity index (χ2n) is 3.42. The largest absolute Gasteiger partial charge is 0.286 e. The normalized spacial score (nSPS) is 12.1. The molecular formula is C11H13NO2S. The molecule has 80 valence electrons. The molecule has 0 saturated heterocycles. The first-order chi connectivity index (χ1) is 7.22. The number of carbonyl (C=O) groups is 1. The molecule has 0 bridgehead atoms. The van der Waals surface area contributed by atoms with Crippen LogP contribution in [0.1, 0.15) is 13.3 Å². The van der Waals surface area contributed by atoms with Crippen molar-refractivity contribution in [2.24, 2.45) is 11.1 Å². The molecule has 0 N–H and O–H groups in total. The summed E-state index contributed by atoms with van der Waals surface area (Å²) >= 11 is 1.69. The number of thioether (sulfide) groups is 1. The first kappa shape index (κ1) is 11.9. The van der Waals surface area contributed by atoms with E-state index in [2.05, 4.69) is 5.18 Å². The third kappa shape index (κ3) is 4.74. The Morgan fingerprint density at radius 3 is 2.67 bits per heavy atom. The standard InChI is InChI=1S/C11H13NO2S/c1-9(7-11(13)12-14)8-15-10-5-3-2-4-6-10/h2-6,9H,7-8H2,1H3. The van der Waals surface area contributed by atoms with Crippen molar-refractivity contribution in [1.29, 1.82) is 0 Å². The van der Waals surface area contributed by atoms with Crippen LogP contribution in [-0.2, 0) is 4.79 Å². The third-order valence-corrected chi connectivity index (χ3v) is 3.24. The van der Waals surface area contributed by atoms with E-state index < -0.39 is 5.91 Å². The van der Waals surface area contributed by atoms with Gasteiger partial charge in [-0.25, -0.2) is 0 Å². The minimum absolute atomic E-state index is 0.181. The summed E-state index contributed by atoms with van der Waals surface area (Å²) in [4.78, 5) is 21.8. The molecule has 1 aromatic carbocycles. The van der Waals surface area contributed by atoms with Gasteiger partial charge in [0.25, 0.3) is 5.91 Å². The number of hydrogen-bond donors (Lipinski definition) is 0. The summed E-state index contributed by atoms with van der Waals surface area (Å²) in [6, 6.07) is 9.97. The van der Waals surface area contributed by atoms with Crippen molar-refractivity contribution >= 4 is 17.7 Å². The minimum Gasteiger partial charge on any atom is -0.269 e. The van der Waals surface area contributed by atoms with Crippen LogP contribution in [0.15, 0.2) is 40.4 Å². The number of benzene rings is 1. The molecule has 0 heterocycles. The summed E-state index contributed by atoms with van der Waals surface area (Å²) in [5.41, 5.74) is 0. The second-order valence-corrected chi connectivity index (χ2v) is 4.51. The van der Waals surface area contributed by atoms with Crippen LogP contribution in [0.4, 0.5) is 0 Å². The highest BCUT2D eigenvalue weighted by atomic mass is 32.2. The number of nitrogens with zero attached hydrogens (tertiary/aromatic N) is 1. The summed E-state index contributed by atoms with van der Waals surface area (Å²) in [6.45, 7) is 1.94. The van der Waals surface area contributed by atoms with Gasteiger partial charge < -0.3 is 0 Å². The second kappa shape index (κ2) is 6.35. The van der Waals surface area contributed by atoms with Crippen molar-refractivity contribution in [2.45, 2.75) is 18.2 Å². The number of rotatable bonds is 5. The molecule has 0 saturated carbocycles. The van der Waals surface area contributed by atoms with E-state index in [4.69, 9.17) is 0 Å². The molecule has 0 fully saturated rings. The fraction of sp³-hybridized carbons (Fsp3) is 0.364. The van der Waals surface area contributed by atoms with Gasteiger partial charge in [0, 0.05) is 22.2 Å². The van der Waals surface area contributed by atoms with Gasteiger partial charge in [0.1, 0.15) is 0 Å². The highest BCUT2D eigenvalue weighted by molar-refractivity contribution is 7.99. The zero-order chi connectivity index (χ0) is 11.1. The first-order valence-corrected chi connectivity index (χ1v) is 5.75. The Balaban J connectivity index is 2.31. The monoisotopic (exact) mass is 223 g/mol. The summed E-state index contributed by atoms with van der Waals surface area (Å²) in [5, 5.41) is 2.39. The van der Waals surface area contributed by atoms with Crippen molar-refractivity contribution in [2.75, 3.05) is 5.75 Å². The lowest BCUT2D eigenvalue weighted by molar-refractivity contribution is -0.118. The van der Waals surface area contributed by atoms with Crippen LogP contribution >= 0.6 is 11.8 Å². The van der Waals surface area contributed by atoms with E-state index in [-0.39, 0.29) is 12.3 Å². The van der Waals surface area contributed by atoms with Crippen molar-refractivity contribution < 1.29 is 4.79 Å². The third-order valence-electron chi connectivity index (χ3n) is 1.90. The van der Waals surface area contributed by atoms with Crippen LogP contribution in [0.3, 0.4) is 0 Å². The molecule has 1 unspecified atom stereocenters. The molecule has 0 spiro atoms. The average Bonchev–Trinajstić information content (AvgIpc) is 2.27. The van der Waals surface area contributed by atoms with E-state index >= 15 is 0 Å². The maximum atomic E-state index is 10.7. The lowest BCUT2D eigenvalue weighted by Crippen LogP contribution is -2.04. The molecule has 1 atom stereocenters. The molecule has 0 aliphatic heterocycles. The molecule has 1 amide bonds. The summed E-state index contributed by atoms with van der Waals surface area (Å²) in [5.74, 6) is 0.446. The Hall–Kier alpha value is -1.16. The Morgan fingerprint density at radius 2 is 2.07 bits per heavy atom. The molecular weight excluding hydrogens is 210 g/mol. The SMILES string of the molecule is CC(CSc1ccccc1)CC(=O)N=O. The van der Waals surface area contributed by atoms with E-state index in [9.17, 15) is 9.70 Å². The number of amides is 1. The van der Waals surface area contributed by atoms with Crippen LogP contribution in [0.25, 0.3) is 0 Å². The van der Waals surface area contributed by atoms with E-state index in [1.165, 1.54) is 4.90 Å². The summed E-state index contributed by atoms with van der Waals surface area (Å²) < 4.78 is 0. The molecule has 4 heteroatoms. The Kier molecular flexibility index (Phi) is 5.04. The van der Waals surface area contributed by atoms with E-state index in [1.807, 2.05) is 37.3 Å². The smallest absolute Gasteiger partial charge is 0.269 e. The summed E-state index contributed by atoms with van der Waals surface area (Å²) in [6.07, 6.45) is 0.239. The molecule has 1 rings (SSSR count). The lowest BCUT2D eigenvalue weighted by Gasteiger charge is -2.07. The van der Waals surface area contributed by atoms with Gasteiger partial charge in [0.2, 0.25) is 0 Å². The van der Waals surface area contributed by atoms with E-state index in [0.29, 0.717) is 0 Å². The fourth-order valence-corrected chi connectivity index (χ4v) is 2.09. The van der Waals surface area contributed by atoms with Gasteiger partial charge in [-0.3, -0.25) is 4.79 Å². The van der Waals surface area contributed by atoms with Crippen molar-refractivity contribution in [3.05, 3.63) is 35.2 Å². The minimum atomic E-state index is -0.559. The molecule has 3 nitrogen and oxygen atoms in total. The zero-order valence-corrected chi connectivity index (χ0v) is 9.37. The van der Waals surface area contributed by atoms with Crippen LogP contribution < -0.4 is 0 Å². The van der Waals surface area contributed by atoms with Crippen LogP contribution in [0.5, 0.6) is 0 Å². The summed E-state index contributed by atoms with van der Waals surface area (Å²) in [7, 11) is 0. The molecule has 0 aliphatic rings. The number of carbonyl (C=O) groups excluding carboxylic acids is 1. The van der Waals surface area contributed by atoms with Crippen molar-refractivity contribution in [3.8, 4) is 0 Å². The molecule has 0 aromatic heterocycles. The Morgan fingerprint density at radius 1 is 1.40 bits per heavy atom. The van der Waals surface area contributed by atoms with Gasteiger partial charge in [-0.1, -0.05) is 25.1 Å². The van der Waals surface area contributed by atoms with Crippen LogP contribution in [0.2, 0.25) is 0 Å². The average molecular weight is 223 g/mol. The van der Waals surface area contributed by atoms with Gasteiger partial charge >= 0.3 is 0 Å². The zero-order valence-electron chi connectivity index (χ0n) is 8.55. The predicted octanol–water partition coefficient (Wildman–Crippen LogP) is 3.10. The van der Waals surface area contributed by atoms with E-state index in [1.54, 1.807) is 11.8 Å². The number of nitroso groups, excluding NO2 is 1. The quantitative estimate of drug-likeness (QED) is 0.569. The van der Waals surface area contributed by atoms with Gasteiger partial charge in [0.05, 0.1) is 0 Å². The maximum absolute atomic E-state index is 10.7. The highest BCUT2D eigenvalue weighted by Gasteiger charge is 2.09. The van der Waals surface area contributed by atoms with Crippen molar-refractivity contribution in [1.82, 2.24) is 0 Å². The van der Waals surface area contributed by atoms with Crippen LogP contribution in [0, 0.1) is 10.8 Å². The predicted molar refractivity (Wildman–Crippen MR) is 61.7 cm³/mol. The van der Waals surface area contributed by atoms with Gasteiger partial charge in [-0.2, -0.15) is 0 Å². The van der Waals surface area contributed by atoms with Crippen molar-refractivity contribution in [3.63, 3.8) is 0 Å². The van der Waals surface area contributed by atoms with Gasteiger partial charge in [0.15, 0.2) is 0 Å². The van der Waals surface area contributed by atoms with Gasteiger partial charge in [-0.05, 0) is 18.1 Å². The molecule has 1 aromatic rings. The fourth-order valence-electron chi connectivity index (χ4n) is 1.15. The number of hydrogen-bond acceptors (Lipinski definition) is 3. The molecule has 15 heavy (non-hydrogen) atoms. The first-order valence-electron chi connectivity index (χ1n) is 4.76. The topological polar surface area (TPSA) is 46.5 Å². The Bertz CT molecular complexity index is 327. The highest BCUT2D eigenvalue weighted by Crippen LogP contribution is 2.21. The molecule has 0 radical (unpaired) electrons. The maximum Gasteiger partial charge on any atom is 0.286 e.